The summed E-state index contributed by atoms with van der Waals surface area (Å²) in [5, 5.41) is 3.94. The van der Waals surface area contributed by atoms with Crippen molar-refractivity contribution in [2.45, 2.75) is 46.6 Å². The molecule has 118 valence electrons. The summed E-state index contributed by atoms with van der Waals surface area (Å²) in [5.74, 6) is 1.00. The van der Waals surface area contributed by atoms with Gasteiger partial charge in [0.25, 0.3) is 0 Å². The Bertz CT molecular complexity index is 585. The Hall–Kier alpha value is -2.10. The summed E-state index contributed by atoms with van der Waals surface area (Å²) >= 11 is 0. The van der Waals surface area contributed by atoms with Gasteiger partial charge in [-0.25, -0.2) is 0 Å². The molecule has 4 heteroatoms. The molecule has 1 heterocycles. The first kappa shape index (κ1) is 16.3. The van der Waals surface area contributed by atoms with Crippen molar-refractivity contribution in [3.63, 3.8) is 0 Å². The van der Waals surface area contributed by atoms with Crippen molar-refractivity contribution in [2.24, 2.45) is 0 Å². The van der Waals surface area contributed by atoms with E-state index in [1.54, 1.807) is 0 Å². The molecule has 0 atom stereocenters. The monoisotopic (exact) mass is 300 g/mol. The van der Waals surface area contributed by atoms with Gasteiger partial charge in [0.2, 0.25) is 5.91 Å². The van der Waals surface area contributed by atoms with Crippen LogP contribution in [0.15, 0.2) is 34.9 Å². The smallest absolute Gasteiger partial charge is 0.223 e. The molecule has 0 aliphatic carbocycles. The van der Waals surface area contributed by atoms with Crippen LogP contribution in [-0.4, -0.2) is 22.5 Å². The van der Waals surface area contributed by atoms with Gasteiger partial charge in [0, 0.05) is 25.1 Å². The van der Waals surface area contributed by atoms with Crippen molar-refractivity contribution >= 4 is 5.91 Å². The lowest BCUT2D eigenvalue weighted by Gasteiger charge is -2.22. The van der Waals surface area contributed by atoms with Crippen LogP contribution >= 0.6 is 0 Å². The minimum atomic E-state index is 0.186. The molecule has 22 heavy (non-hydrogen) atoms. The summed E-state index contributed by atoms with van der Waals surface area (Å²) in [6.07, 6.45) is 2.15. The Morgan fingerprint density at radius 1 is 1.23 bits per heavy atom. The van der Waals surface area contributed by atoms with Crippen molar-refractivity contribution in [1.82, 2.24) is 10.1 Å². The number of benzene rings is 1. The molecule has 0 radical (unpaired) electrons. The summed E-state index contributed by atoms with van der Waals surface area (Å²) in [5.41, 5.74) is 3.11. The first-order valence-corrected chi connectivity index (χ1v) is 7.85. The Balaban J connectivity index is 1.97. The van der Waals surface area contributed by atoms with E-state index in [0.717, 1.165) is 30.0 Å². The molecule has 2 rings (SSSR count). The van der Waals surface area contributed by atoms with Crippen LogP contribution in [0.2, 0.25) is 0 Å². The SMILES string of the molecule is CCCN(Cc1ccccc1)C(=O)CCc1c(C)noc1C. The lowest BCUT2D eigenvalue weighted by Crippen LogP contribution is -2.31. The lowest BCUT2D eigenvalue weighted by atomic mass is 10.1. The van der Waals surface area contributed by atoms with Crippen LogP contribution in [0.1, 0.15) is 42.3 Å². The number of amides is 1. The maximum absolute atomic E-state index is 12.5. The molecular formula is C18H24N2O2. The zero-order chi connectivity index (χ0) is 15.9. The van der Waals surface area contributed by atoms with E-state index in [1.807, 2.05) is 36.9 Å². The predicted molar refractivity (Wildman–Crippen MR) is 86.4 cm³/mol. The van der Waals surface area contributed by atoms with Crippen molar-refractivity contribution in [3.8, 4) is 0 Å². The van der Waals surface area contributed by atoms with E-state index in [2.05, 4.69) is 24.2 Å². The van der Waals surface area contributed by atoms with Gasteiger partial charge in [0.1, 0.15) is 5.76 Å². The zero-order valence-corrected chi connectivity index (χ0v) is 13.6. The Labute approximate surface area is 132 Å². The first-order chi connectivity index (χ1) is 10.6. The van der Waals surface area contributed by atoms with Crippen LogP contribution in [0.4, 0.5) is 0 Å². The number of nitrogens with zero attached hydrogens (tertiary/aromatic N) is 2. The highest BCUT2D eigenvalue weighted by molar-refractivity contribution is 5.76. The molecule has 0 aliphatic rings. The van der Waals surface area contributed by atoms with Crippen LogP contribution in [0.3, 0.4) is 0 Å². The van der Waals surface area contributed by atoms with Crippen molar-refractivity contribution < 1.29 is 9.32 Å². The maximum Gasteiger partial charge on any atom is 0.223 e. The molecule has 1 aromatic heterocycles. The normalized spacial score (nSPS) is 10.7. The van der Waals surface area contributed by atoms with Gasteiger partial charge in [0.05, 0.1) is 5.69 Å². The highest BCUT2D eigenvalue weighted by atomic mass is 16.5. The Morgan fingerprint density at radius 2 is 1.95 bits per heavy atom. The molecule has 0 N–H and O–H groups in total. The van der Waals surface area contributed by atoms with Crippen molar-refractivity contribution in [3.05, 3.63) is 52.9 Å². The molecule has 0 saturated heterocycles. The average Bonchev–Trinajstić information content (AvgIpc) is 2.84. The third kappa shape index (κ3) is 4.20. The van der Waals surface area contributed by atoms with E-state index >= 15 is 0 Å². The van der Waals surface area contributed by atoms with Gasteiger partial charge in [0.15, 0.2) is 0 Å². The van der Waals surface area contributed by atoms with Gasteiger partial charge in [-0.3, -0.25) is 4.79 Å². The Morgan fingerprint density at radius 3 is 2.55 bits per heavy atom. The number of carbonyl (C=O) groups excluding carboxylic acids is 1. The molecule has 0 unspecified atom stereocenters. The number of hydrogen-bond acceptors (Lipinski definition) is 3. The second-order valence-electron chi connectivity index (χ2n) is 5.60. The standard InChI is InChI=1S/C18H24N2O2/c1-4-12-20(13-16-8-6-5-7-9-16)18(21)11-10-17-14(2)19-22-15(17)3/h5-9H,4,10-13H2,1-3H3. The molecule has 0 bridgehead atoms. The topological polar surface area (TPSA) is 46.3 Å². The average molecular weight is 300 g/mol. The largest absolute Gasteiger partial charge is 0.361 e. The van der Waals surface area contributed by atoms with Gasteiger partial charge in [-0.05, 0) is 32.3 Å². The first-order valence-electron chi connectivity index (χ1n) is 7.85. The van der Waals surface area contributed by atoms with E-state index in [4.69, 9.17) is 4.52 Å². The molecule has 4 nitrogen and oxygen atoms in total. The highest BCUT2D eigenvalue weighted by Crippen LogP contribution is 2.16. The number of aryl methyl sites for hydroxylation is 2. The molecule has 0 fully saturated rings. The number of carbonyl (C=O) groups is 1. The fraction of sp³-hybridized carbons (Fsp3) is 0.444. The van der Waals surface area contributed by atoms with Crippen LogP contribution in [-0.2, 0) is 17.8 Å². The van der Waals surface area contributed by atoms with Crippen molar-refractivity contribution in [2.75, 3.05) is 6.54 Å². The molecule has 0 spiro atoms. The molecule has 2 aromatic rings. The zero-order valence-electron chi connectivity index (χ0n) is 13.6. The predicted octanol–water partition coefficient (Wildman–Crippen LogP) is 3.66. The molecular weight excluding hydrogens is 276 g/mol. The fourth-order valence-electron chi connectivity index (χ4n) is 2.61. The van der Waals surface area contributed by atoms with E-state index in [9.17, 15) is 4.79 Å². The number of rotatable bonds is 7. The minimum Gasteiger partial charge on any atom is -0.361 e. The Kier molecular flexibility index (Phi) is 5.75. The second-order valence-corrected chi connectivity index (χ2v) is 5.60. The van der Waals surface area contributed by atoms with Gasteiger partial charge in [-0.15, -0.1) is 0 Å². The second kappa shape index (κ2) is 7.78. The summed E-state index contributed by atoms with van der Waals surface area (Å²) in [4.78, 5) is 14.5. The number of aromatic nitrogens is 1. The summed E-state index contributed by atoms with van der Waals surface area (Å²) in [6.45, 7) is 7.38. The van der Waals surface area contributed by atoms with Crippen LogP contribution in [0.5, 0.6) is 0 Å². The quantitative estimate of drug-likeness (QED) is 0.784. The fourth-order valence-corrected chi connectivity index (χ4v) is 2.61. The van der Waals surface area contributed by atoms with Crippen molar-refractivity contribution in [1.29, 1.82) is 0 Å². The highest BCUT2D eigenvalue weighted by Gasteiger charge is 2.16. The van der Waals surface area contributed by atoms with Gasteiger partial charge in [-0.2, -0.15) is 0 Å². The number of hydrogen-bond donors (Lipinski definition) is 0. The minimum absolute atomic E-state index is 0.186. The van der Waals surface area contributed by atoms with Crippen LogP contribution < -0.4 is 0 Å². The lowest BCUT2D eigenvalue weighted by molar-refractivity contribution is -0.131. The summed E-state index contributed by atoms with van der Waals surface area (Å²) < 4.78 is 5.16. The third-order valence-corrected chi connectivity index (χ3v) is 3.83. The molecule has 0 aliphatic heterocycles. The van der Waals surface area contributed by atoms with Gasteiger partial charge < -0.3 is 9.42 Å². The summed E-state index contributed by atoms with van der Waals surface area (Å²) in [6, 6.07) is 10.1. The third-order valence-electron chi connectivity index (χ3n) is 3.83. The molecule has 1 aromatic carbocycles. The summed E-state index contributed by atoms with van der Waals surface area (Å²) in [7, 11) is 0. The van der Waals surface area contributed by atoms with Crippen LogP contribution in [0.25, 0.3) is 0 Å². The molecule has 0 saturated carbocycles. The van der Waals surface area contributed by atoms with E-state index in [0.29, 0.717) is 19.4 Å². The van der Waals surface area contributed by atoms with Crippen LogP contribution in [0, 0.1) is 13.8 Å². The van der Waals surface area contributed by atoms with Gasteiger partial charge >= 0.3 is 0 Å². The van der Waals surface area contributed by atoms with E-state index in [1.165, 1.54) is 5.56 Å². The van der Waals surface area contributed by atoms with Gasteiger partial charge in [-0.1, -0.05) is 42.4 Å². The molecule has 1 amide bonds. The van der Waals surface area contributed by atoms with E-state index in [-0.39, 0.29) is 5.91 Å². The maximum atomic E-state index is 12.5. The van der Waals surface area contributed by atoms with E-state index < -0.39 is 0 Å².